The number of benzene rings is 1. The predicted octanol–water partition coefficient (Wildman–Crippen LogP) is 1.35. The third-order valence-electron chi connectivity index (χ3n) is 4.77. The smallest absolute Gasteiger partial charge is 0.251 e. The third-order valence-corrected chi connectivity index (χ3v) is 4.77. The Labute approximate surface area is 154 Å². The van der Waals surface area contributed by atoms with Gasteiger partial charge in [-0.3, -0.25) is 9.48 Å². The molecule has 1 unspecified atom stereocenters. The highest BCUT2D eigenvalue weighted by atomic mass is 16.6. The summed E-state index contributed by atoms with van der Waals surface area (Å²) < 4.78 is 12.2. The fourth-order valence-electron chi connectivity index (χ4n) is 3.10. The number of nitrogens with one attached hydrogen (secondary N) is 2. The van der Waals surface area contributed by atoms with Crippen molar-refractivity contribution in [3.63, 3.8) is 0 Å². The second kappa shape index (κ2) is 8.62. The van der Waals surface area contributed by atoms with Crippen LogP contribution >= 0.6 is 0 Å². The van der Waals surface area contributed by atoms with Crippen molar-refractivity contribution in [1.82, 2.24) is 20.4 Å². The van der Waals surface area contributed by atoms with Crippen LogP contribution in [0.2, 0.25) is 0 Å². The maximum atomic E-state index is 11.8. The number of aromatic nitrogens is 2. The van der Waals surface area contributed by atoms with E-state index >= 15 is 0 Å². The largest absolute Gasteiger partial charge is 0.376 e. The van der Waals surface area contributed by atoms with Crippen LogP contribution in [0.25, 0.3) is 10.9 Å². The van der Waals surface area contributed by atoms with Crippen LogP contribution in [0.4, 0.5) is 0 Å². The lowest BCUT2D eigenvalue weighted by atomic mass is 10.0. The Bertz CT molecular complexity index is 749. The SMILES string of the molecule is CC1COCCO1.CNC(=O)c1ccc2nn(CC3CNC3)cc2c1C. The molecule has 2 aliphatic rings. The molecular weight excluding hydrogens is 332 g/mol. The van der Waals surface area contributed by atoms with Crippen LogP contribution in [0.3, 0.4) is 0 Å². The van der Waals surface area contributed by atoms with E-state index in [9.17, 15) is 4.79 Å². The van der Waals surface area contributed by atoms with Crippen molar-refractivity contribution < 1.29 is 14.3 Å². The van der Waals surface area contributed by atoms with Gasteiger partial charge in [0.15, 0.2) is 0 Å². The Morgan fingerprint density at radius 3 is 2.73 bits per heavy atom. The summed E-state index contributed by atoms with van der Waals surface area (Å²) in [6.45, 7) is 9.36. The quantitative estimate of drug-likeness (QED) is 0.864. The van der Waals surface area contributed by atoms with Gasteiger partial charge >= 0.3 is 0 Å². The molecule has 2 saturated heterocycles. The second-order valence-corrected chi connectivity index (χ2v) is 6.88. The normalized spacial score (nSPS) is 20.2. The summed E-state index contributed by atoms with van der Waals surface area (Å²) in [5.41, 5.74) is 2.67. The molecule has 3 heterocycles. The number of fused-ring (bicyclic) bond motifs is 1. The van der Waals surface area contributed by atoms with E-state index in [-0.39, 0.29) is 5.91 Å². The Morgan fingerprint density at radius 1 is 1.38 bits per heavy atom. The number of nitrogens with zero attached hydrogens (tertiary/aromatic N) is 2. The summed E-state index contributed by atoms with van der Waals surface area (Å²) in [6, 6.07) is 3.77. The molecule has 1 atom stereocenters. The van der Waals surface area contributed by atoms with E-state index in [1.165, 1.54) is 0 Å². The van der Waals surface area contributed by atoms with Gasteiger partial charge in [-0.2, -0.15) is 5.10 Å². The Balaban J connectivity index is 0.000000236. The van der Waals surface area contributed by atoms with Crippen LogP contribution in [-0.4, -0.2) is 61.7 Å². The van der Waals surface area contributed by atoms with E-state index in [2.05, 4.69) is 21.9 Å². The van der Waals surface area contributed by atoms with Gasteiger partial charge in [-0.15, -0.1) is 0 Å². The van der Waals surface area contributed by atoms with E-state index in [0.29, 0.717) is 12.0 Å². The van der Waals surface area contributed by atoms with Crippen molar-refractivity contribution >= 4 is 16.8 Å². The summed E-state index contributed by atoms with van der Waals surface area (Å²) in [7, 11) is 1.65. The van der Waals surface area contributed by atoms with Crippen molar-refractivity contribution in [2.24, 2.45) is 5.92 Å². The van der Waals surface area contributed by atoms with Crippen molar-refractivity contribution in [1.29, 1.82) is 0 Å². The van der Waals surface area contributed by atoms with Gasteiger partial charge in [0.25, 0.3) is 5.91 Å². The molecule has 1 amide bonds. The van der Waals surface area contributed by atoms with Gasteiger partial charge in [0.2, 0.25) is 0 Å². The maximum absolute atomic E-state index is 11.8. The van der Waals surface area contributed by atoms with Crippen LogP contribution in [0.1, 0.15) is 22.8 Å². The van der Waals surface area contributed by atoms with E-state index in [1.807, 2.05) is 30.7 Å². The first-order valence-electron chi connectivity index (χ1n) is 9.17. The molecule has 0 radical (unpaired) electrons. The van der Waals surface area contributed by atoms with E-state index in [1.54, 1.807) is 7.05 Å². The van der Waals surface area contributed by atoms with Crippen LogP contribution in [0, 0.1) is 12.8 Å². The molecule has 2 N–H and O–H groups in total. The van der Waals surface area contributed by atoms with Crippen LogP contribution in [0.5, 0.6) is 0 Å². The minimum Gasteiger partial charge on any atom is -0.376 e. The molecule has 0 spiro atoms. The van der Waals surface area contributed by atoms with Crippen molar-refractivity contribution in [3.05, 3.63) is 29.5 Å². The molecule has 0 saturated carbocycles. The monoisotopic (exact) mass is 360 g/mol. The van der Waals surface area contributed by atoms with Crippen LogP contribution in [-0.2, 0) is 16.0 Å². The Morgan fingerprint density at radius 2 is 2.19 bits per heavy atom. The third kappa shape index (κ3) is 4.41. The zero-order valence-corrected chi connectivity index (χ0v) is 15.7. The number of carbonyl (C=O) groups is 1. The number of hydrogen-bond acceptors (Lipinski definition) is 5. The second-order valence-electron chi connectivity index (χ2n) is 6.88. The molecule has 2 aliphatic heterocycles. The lowest BCUT2D eigenvalue weighted by molar-refractivity contribution is -0.0797. The molecule has 1 aromatic heterocycles. The number of rotatable bonds is 3. The highest BCUT2D eigenvalue weighted by molar-refractivity contribution is 6.00. The first kappa shape index (κ1) is 18.8. The molecule has 26 heavy (non-hydrogen) atoms. The zero-order valence-electron chi connectivity index (χ0n) is 15.7. The van der Waals surface area contributed by atoms with Gasteiger partial charge < -0.3 is 20.1 Å². The minimum atomic E-state index is -0.0460. The molecule has 7 heteroatoms. The molecule has 7 nitrogen and oxygen atoms in total. The molecular formula is C19H28N4O3. The van der Waals surface area contributed by atoms with Gasteiger partial charge in [0.1, 0.15) is 0 Å². The summed E-state index contributed by atoms with van der Waals surface area (Å²) in [4.78, 5) is 11.8. The number of carbonyl (C=O) groups excluding carboxylic acids is 1. The molecule has 2 aromatic rings. The average molecular weight is 360 g/mol. The molecule has 1 aromatic carbocycles. The molecule has 2 fully saturated rings. The Kier molecular flexibility index (Phi) is 6.24. The molecule has 4 rings (SSSR count). The van der Waals surface area contributed by atoms with E-state index in [0.717, 1.165) is 61.5 Å². The lowest BCUT2D eigenvalue weighted by Crippen LogP contribution is -2.44. The topological polar surface area (TPSA) is 77.4 Å². The molecule has 0 aliphatic carbocycles. The van der Waals surface area contributed by atoms with Crippen molar-refractivity contribution in [3.8, 4) is 0 Å². The zero-order chi connectivity index (χ0) is 18.5. The fraction of sp³-hybridized carbons (Fsp3) is 0.579. The highest BCUT2D eigenvalue weighted by Crippen LogP contribution is 2.21. The standard InChI is InChI=1S/C14H18N4O.C5H10O2/c1-9-11(14(19)15-2)3-4-13-12(9)8-18(17-13)7-10-5-16-6-10;1-5-4-6-2-3-7-5/h3-4,8,10,16H,5-7H2,1-2H3,(H,15,19);5H,2-4H2,1H3. The van der Waals surface area contributed by atoms with Gasteiger partial charge in [0, 0.05) is 49.7 Å². The molecule has 0 bridgehead atoms. The highest BCUT2D eigenvalue weighted by Gasteiger charge is 2.18. The van der Waals surface area contributed by atoms with Crippen LogP contribution < -0.4 is 10.6 Å². The molecule has 142 valence electrons. The summed E-state index contributed by atoms with van der Waals surface area (Å²) >= 11 is 0. The number of amides is 1. The summed E-state index contributed by atoms with van der Waals surface area (Å²) in [5.74, 6) is 0.628. The van der Waals surface area contributed by atoms with Gasteiger partial charge in [-0.05, 0) is 31.5 Å². The lowest BCUT2D eigenvalue weighted by Gasteiger charge is -2.26. The van der Waals surface area contributed by atoms with Crippen LogP contribution in [0.15, 0.2) is 18.3 Å². The van der Waals surface area contributed by atoms with Crippen molar-refractivity contribution in [2.45, 2.75) is 26.5 Å². The summed E-state index contributed by atoms with van der Waals surface area (Å²) in [6.07, 6.45) is 2.36. The average Bonchev–Trinajstić information content (AvgIpc) is 3.03. The number of aryl methyl sites for hydroxylation is 1. The first-order chi connectivity index (χ1) is 12.6. The van der Waals surface area contributed by atoms with Gasteiger partial charge in [-0.25, -0.2) is 0 Å². The Hall–Kier alpha value is -1.96. The van der Waals surface area contributed by atoms with Gasteiger partial charge in [0.05, 0.1) is 31.4 Å². The summed E-state index contributed by atoms with van der Waals surface area (Å²) in [5, 5.41) is 11.6. The minimum absolute atomic E-state index is 0.0460. The van der Waals surface area contributed by atoms with E-state index < -0.39 is 0 Å². The predicted molar refractivity (Wildman–Crippen MR) is 100 cm³/mol. The van der Waals surface area contributed by atoms with Gasteiger partial charge in [-0.1, -0.05) is 0 Å². The fourth-order valence-corrected chi connectivity index (χ4v) is 3.10. The maximum Gasteiger partial charge on any atom is 0.251 e. The van der Waals surface area contributed by atoms with Crippen molar-refractivity contribution in [2.75, 3.05) is 40.0 Å². The number of hydrogen-bond donors (Lipinski definition) is 2. The first-order valence-corrected chi connectivity index (χ1v) is 9.17. The number of ether oxygens (including phenoxy) is 2. The van der Waals surface area contributed by atoms with E-state index in [4.69, 9.17) is 9.47 Å².